The van der Waals surface area contributed by atoms with E-state index in [1.54, 1.807) is 12.1 Å². The molecule has 0 bridgehead atoms. The van der Waals surface area contributed by atoms with Crippen LogP contribution in [0, 0.1) is 5.82 Å². The number of halogens is 1. The van der Waals surface area contributed by atoms with E-state index < -0.39 is 0 Å². The van der Waals surface area contributed by atoms with Crippen LogP contribution in [0.4, 0.5) is 10.1 Å². The van der Waals surface area contributed by atoms with Crippen LogP contribution in [-0.2, 0) is 0 Å². The zero-order chi connectivity index (χ0) is 9.97. The van der Waals surface area contributed by atoms with E-state index in [9.17, 15) is 4.39 Å². The molecule has 0 aliphatic rings. The zero-order valence-electron chi connectivity index (χ0n) is 7.57. The fourth-order valence-electron chi connectivity index (χ4n) is 1.45. The Bertz CT molecular complexity index is 417. The lowest BCUT2D eigenvalue weighted by Gasteiger charge is -2.06. The Kier molecular flexibility index (Phi) is 2.19. The van der Waals surface area contributed by atoms with Crippen molar-refractivity contribution < 1.29 is 4.39 Å². The van der Waals surface area contributed by atoms with Gasteiger partial charge < -0.3 is 5.73 Å². The second kappa shape index (κ2) is 3.50. The molecule has 0 saturated heterocycles. The van der Waals surface area contributed by atoms with Gasteiger partial charge in [-0.25, -0.2) is 4.39 Å². The van der Waals surface area contributed by atoms with Crippen molar-refractivity contribution in [3.63, 3.8) is 0 Å². The van der Waals surface area contributed by atoms with Crippen molar-refractivity contribution in [1.82, 2.24) is 0 Å². The molecule has 2 N–H and O–H groups in total. The van der Waals surface area contributed by atoms with Crippen molar-refractivity contribution in [3.8, 4) is 11.1 Å². The standard InChI is InChI=1S/C12H10FN/c13-10-7-4-8-11(14)12(10)9-5-2-1-3-6-9/h1-8H,14H2. The lowest BCUT2D eigenvalue weighted by molar-refractivity contribution is 0.632. The SMILES string of the molecule is Nc1cccc(F)c1-c1ccccc1. The molecule has 0 atom stereocenters. The third-order valence-corrected chi connectivity index (χ3v) is 2.11. The van der Waals surface area contributed by atoms with Gasteiger partial charge in [-0.15, -0.1) is 0 Å². The van der Waals surface area contributed by atoms with Gasteiger partial charge in [0, 0.05) is 11.3 Å². The molecule has 0 radical (unpaired) electrons. The lowest BCUT2D eigenvalue weighted by atomic mass is 10.0. The minimum atomic E-state index is -0.281. The van der Waals surface area contributed by atoms with E-state index in [1.807, 2.05) is 30.3 Å². The zero-order valence-corrected chi connectivity index (χ0v) is 7.57. The van der Waals surface area contributed by atoms with Crippen LogP contribution in [0.1, 0.15) is 0 Å². The van der Waals surface area contributed by atoms with E-state index >= 15 is 0 Å². The Morgan fingerprint density at radius 1 is 0.857 bits per heavy atom. The average Bonchev–Trinajstić information content (AvgIpc) is 2.19. The van der Waals surface area contributed by atoms with E-state index in [-0.39, 0.29) is 5.82 Å². The summed E-state index contributed by atoms with van der Waals surface area (Å²) < 4.78 is 13.5. The molecule has 2 rings (SSSR count). The van der Waals surface area contributed by atoms with Crippen LogP contribution >= 0.6 is 0 Å². The number of nitrogens with two attached hydrogens (primary N) is 1. The molecule has 0 unspecified atom stereocenters. The molecule has 0 amide bonds. The first-order valence-electron chi connectivity index (χ1n) is 4.38. The third kappa shape index (κ3) is 1.46. The van der Waals surface area contributed by atoms with Gasteiger partial charge in [0.1, 0.15) is 5.82 Å². The molecule has 2 heteroatoms. The van der Waals surface area contributed by atoms with Gasteiger partial charge in [-0.3, -0.25) is 0 Å². The lowest BCUT2D eigenvalue weighted by Crippen LogP contribution is -1.92. The molecule has 0 saturated carbocycles. The summed E-state index contributed by atoms with van der Waals surface area (Å²) in [5.41, 5.74) is 7.47. The van der Waals surface area contributed by atoms with Gasteiger partial charge >= 0.3 is 0 Å². The molecule has 14 heavy (non-hydrogen) atoms. The van der Waals surface area contributed by atoms with Crippen LogP contribution < -0.4 is 5.73 Å². The minimum absolute atomic E-state index is 0.281. The van der Waals surface area contributed by atoms with Crippen LogP contribution in [0.15, 0.2) is 48.5 Å². The Labute approximate surface area is 82.0 Å². The number of hydrogen-bond donors (Lipinski definition) is 1. The maximum absolute atomic E-state index is 13.5. The highest BCUT2D eigenvalue weighted by Crippen LogP contribution is 2.27. The van der Waals surface area contributed by atoms with E-state index in [1.165, 1.54) is 6.07 Å². The Morgan fingerprint density at radius 3 is 2.21 bits per heavy atom. The maximum Gasteiger partial charge on any atom is 0.133 e. The Balaban J connectivity index is 2.63. The topological polar surface area (TPSA) is 26.0 Å². The highest BCUT2D eigenvalue weighted by molar-refractivity contribution is 5.76. The molecule has 0 heterocycles. The first-order chi connectivity index (χ1) is 6.79. The van der Waals surface area contributed by atoms with Crippen LogP contribution in [0.25, 0.3) is 11.1 Å². The number of rotatable bonds is 1. The molecule has 0 aromatic heterocycles. The maximum atomic E-state index is 13.5. The summed E-state index contributed by atoms with van der Waals surface area (Å²) in [7, 11) is 0. The van der Waals surface area contributed by atoms with Gasteiger partial charge in [0.2, 0.25) is 0 Å². The molecule has 70 valence electrons. The quantitative estimate of drug-likeness (QED) is 0.682. The number of hydrogen-bond acceptors (Lipinski definition) is 1. The summed E-state index contributed by atoms with van der Waals surface area (Å²) in [6.07, 6.45) is 0. The fraction of sp³-hybridized carbons (Fsp3) is 0. The molecule has 2 aromatic carbocycles. The number of nitrogen functional groups attached to an aromatic ring is 1. The van der Waals surface area contributed by atoms with Crippen LogP contribution in [0.2, 0.25) is 0 Å². The van der Waals surface area contributed by atoms with Gasteiger partial charge in [-0.05, 0) is 17.7 Å². The summed E-state index contributed by atoms with van der Waals surface area (Å²) in [5, 5.41) is 0. The van der Waals surface area contributed by atoms with Crippen LogP contribution in [-0.4, -0.2) is 0 Å². The molecule has 0 spiro atoms. The first kappa shape index (κ1) is 8.75. The summed E-state index contributed by atoms with van der Waals surface area (Å²) in [4.78, 5) is 0. The van der Waals surface area contributed by atoms with Crippen molar-refractivity contribution in [2.75, 3.05) is 5.73 Å². The largest absolute Gasteiger partial charge is 0.398 e. The van der Waals surface area contributed by atoms with Crippen molar-refractivity contribution in [2.24, 2.45) is 0 Å². The predicted molar refractivity (Wildman–Crippen MR) is 56.2 cm³/mol. The van der Waals surface area contributed by atoms with Crippen molar-refractivity contribution in [3.05, 3.63) is 54.3 Å². The predicted octanol–water partition coefficient (Wildman–Crippen LogP) is 3.07. The van der Waals surface area contributed by atoms with Crippen molar-refractivity contribution in [1.29, 1.82) is 0 Å². The van der Waals surface area contributed by atoms with Gasteiger partial charge in [-0.2, -0.15) is 0 Å². The van der Waals surface area contributed by atoms with Gasteiger partial charge in [0.25, 0.3) is 0 Å². The second-order valence-corrected chi connectivity index (χ2v) is 3.07. The Hall–Kier alpha value is -1.83. The van der Waals surface area contributed by atoms with Gasteiger partial charge in [0.15, 0.2) is 0 Å². The molecular formula is C12H10FN. The summed E-state index contributed by atoms with van der Waals surface area (Å²) in [5.74, 6) is -0.281. The van der Waals surface area contributed by atoms with E-state index in [0.717, 1.165) is 5.56 Å². The molecule has 0 aliphatic heterocycles. The first-order valence-corrected chi connectivity index (χ1v) is 4.38. The monoisotopic (exact) mass is 187 g/mol. The fourth-order valence-corrected chi connectivity index (χ4v) is 1.45. The number of benzene rings is 2. The van der Waals surface area contributed by atoms with E-state index in [2.05, 4.69) is 0 Å². The highest BCUT2D eigenvalue weighted by Gasteiger charge is 2.06. The highest BCUT2D eigenvalue weighted by atomic mass is 19.1. The summed E-state index contributed by atoms with van der Waals surface area (Å²) >= 11 is 0. The van der Waals surface area contributed by atoms with Crippen molar-refractivity contribution >= 4 is 5.69 Å². The molecule has 1 nitrogen and oxygen atoms in total. The number of anilines is 1. The normalized spacial score (nSPS) is 10.1. The molecule has 2 aromatic rings. The van der Waals surface area contributed by atoms with Crippen LogP contribution in [0.5, 0.6) is 0 Å². The average molecular weight is 187 g/mol. The molecule has 0 aliphatic carbocycles. The van der Waals surface area contributed by atoms with Crippen molar-refractivity contribution in [2.45, 2.75) is 0 Å². The molecule has 0 fully saturated rings. The summed E-state index contributed by atoms with van der Waals surface area (Å²) in [6, 6.07) is 14.0. The smallest absolute Gasteiger partial charge is 0.133 e. The van der Waals surface area contributed by atoms with Gasteiger partial charge in [-0.1, -0.05) is 36.4 Å². The summed E-state index contributed by atoms with van der Waals surface area (Å²) in [6.45, 7) is 0. The Morgan fingerprint density at radius 2 is 1.57 bits per heavy atom. The van der Waals surface area contributed by atoms with E-state index in [4.69, 9.17) is 5.73 Å². The third-order valence-electron chi connectivity index (χ3n) is 2.11. The molecular weight excluding hydrogens is 177 g/mol. The van der Waals surface area contributed by atoms with E-state index in [0.29, 0.717) is 11.3 Å². The minimum Gasteiger partial charge on any atom is -0.398 e. The van der Waals surface area contributed by atoms with Gasteiger partial charge in [0.05, 0.1) is 0 Å². The van der Waals surface area contributed by atoms with Crippen LogP contribution in [0.3, 0.4) is 0 Å². The second-order valence-electron chi connectivity index (χ2n) is 3.07.